The van der Waals surface area contributed by atoms with E-state index in [1.165, 1.54) is 10.9 Å². The second-order valence-corrected chi connectivity index (χ2v) is 5.60. The molecule has 1 aromatic carbocycles. The van der Waals surface area contributed by atoms with Crippen molar-refractivity contribution in [1.29, 1.82) is 0 Å². The van der Waals surface area contributed by atoms with E-state index in [1.807, 2.05) is 6.92 Å². The predicted molar refractivity (Wildman–Crippen MR) is 91.4 cm³/mol. The van der Waals surface area contributed by atoms with Crippen LogP contribution in [0.3, 0.4) is 0 Å². The summed E-state index contributed by atoms with van der Waals surface area (Å²) in [5.74, 6) is -0.161. The summed E-state index contributed by atoms with van der Waals surface area (Å²) in [5.41, 5.74) is 3.85. The standard InChI is InChI=1S/C16H19ClN4O2/c1-3-4-8-15(22)19-18-10-14-11(2)20-21(16(14)23)13-7-5-6-12(17)9-13/h5-7,9-10,20H,3-4,8H2,1-2H3,(H,19,22)/b18-10-. The van der Waals surface area contributed by atoms with Gasteiger partial charge in [-0.3, -0.25) is 14.7 Å². The Hall–Kier alpha value is -2.34. The second-order valence-electron chi connectivity index (χ2n) is 5.17. The van der Waals surface area contributed by atoms with Gasteiger partial charge in [-0.15, -0.1) is 0 Å². The average Bonchev–Trinajstić information content (AvgIpc) is 2.81. The summed E-state index contributed by atoms with van der Waals surface area (Å²) < 4.78 is 1.39. The van der Waals surface area contributed by atoms with Gasteiger partial charge in [0, 0.05) is 17.1 Å². The van der Waals surface area contributed by atoms with Crippen molar-refractivity contribution in [3.05, 3.63) is 50.9 Å². The van der Waals surface area contributed by atoms with Gasteiger partial charge in [-0.25, -0.2) is 10.1 Å². The molecule has 1 heterocycles. The number of aryl methyl sites for hydroxylation is 1. The van der Waals surface area contributed by atoms with Gasteiger partial charge in [0.15, 0.2) is 0 Å². The molecule has 0 fully saturated rings. The molecule has 0 bridgehead atoms. The topological polar surface area (TPSA) is 79.2 Å². The normalized spacial score (nSPS) is 11.1. The van der Waals surface area contributed by atoms with E-state index in [2.05, 4.69) is 15.6 Å². The van der Waals surface area contributed by atoms with Crippen LogP contribution in [0.25, 0.3) is 5.69 Å². The van der Waals surface area contributed by atoms with Crippen LogP contribution in [0.5, 0.6) is 0 Å². The Morgan fingerprint density at radius 1 is 1.48 bits per heavy atom. The van der Waals surface area contributed by atoms with Crippen LogP contribution in [0.2, 0.25) is 5.02 Å². The van der Waals surface area contributed by atoms with Crippen LogP contribution < -0.4 is 11.0 Å². The number of unbranched alkanes of at least 4 members (excludes halogenated alkanes) is 1. The molecule has 0 aliphatic rings. The fraction of sp³-hybridized carbons (Fsp3) is 0.312. The van der Waals surface area contributed by atoms with Crippen LogP contribution in [-0.4, -0.2) is 21.9 Å². The van der Waals surface area contributed by atoms with Crippen LogP contribution in [0.4, 0.5) is 0 Å². The van der Waals surface area contributed by atoms with Gasteiger partial charge in [-0.1, -0.05) is 31.0 Å². The molecular weight excluding hydrogens is 316 g/mol. The van der Waals surface area contributed by atoms with Gasteiger partial charge in [0.2, 0.25) is 5.91 Å². The number of nitrogens with zero attached hydrogens (tertiary/aromatic N) is 2. The number of H-pyrrole nitrogens is 1. The van der Waals surface area contributed by atoms with Gasteiger partial charge in [-0.05, 0) is 31.5 Å². The zero-order valence-electron chi connectivity index (χ0n) is 13.1. The first-order valence-corrected chi connectivity index (χ1v) is 7.80. The van der Waals surface area contributed by atoms with Crippen molar-refractivity contribution in [1.82, 2.24) is 15.2 Å². The molecule has 0 saturated carbocycles. The maximum absolute atomic E-state index is 12.4. The summed E-state index contributed by atoms with van der Waals surface area (Å²) in [7, 11) is 0. The third-order valence-corrected chi connectivity index (χ3v) is 3.56. The molecule has 122 valence electrons. The Morgan fingerprint density at radius 2 is 2.26 bits per heavy atom. The van der Waals surface area contributed by atoms with Crippen LogP contribution in [0.1, 0.15) is 37.4 Å². The first-order chi connectivity index (χ1) is 11.0. The molecule has 2 rings (SSSR count). The number of amides is 1. The van der Waals surface area contributed by atoms with Crippen molar-refractivity contribution in [2.45, 2.75) is 33.1 Å². The maximum Gasteiger partial charge on any atom is 0.280 e. The molecule has 2 N–H and O–H groups in total. The number of aromatic nitrogens is 2. The lowest BCUT2D eigenvalue weighted by Crippen LogP contribution is -2.20. The minimum absolute atomic E-state index is 0.161. The van der Waals surface area contributed by atoms with Crippen molar-refractivity contribution in [2.24, 2.45) is 5.10 Å². The quantitative estimate of drug-likeness (QED) is 0.629. The highest BCUT2D eigenvalue weighted by Gasteiger charge is 2.11. The van der Waals surface area contributed by atoms with Crippen molar-refractivity contribution in [2.75, 3.05) is 0 Å². The van der Waals surface area contributed by atoms with Crippen LogP contribution in [0.15, 0.2) is 34.2 Å². The number of benzene rings is 1. The monoisotopic (exact) mass is 334 g/mol. The van der Waals surface area contributed by atoms with Crippen LogP contribution >= 0.6 is 11.6 Å². The van der Waals surface area contributed by atoms with E-state index in [-0.39, 0.29) is 11.5 Å². The Kier molecular flexibility index (Phi) is 5.76. The molecule has 0 saturated heterocycles. The largest absolute Gasteiger partial charge is 0.295 e. The first-order valence-electron chi connectivity index (χ1n) is 7.42. The van der Waals surface area contributed by atoms with E-state index in [0.717, 1.165) is 12.8 Å². The molecule has 1 amide bonds. The third-order valence-electron chi connectivity index (χ3n) is 3.32. The number of aromatic amines is 1. The number of halogens is 1. The third kappa shape index (κ3) is 4.32. The molecule has 0 spiro atoms. The number of nitrogens with one attached hydrogen (secondary N) is 2. The van der Waals surface area contributed by atoms with E-state index < -0.39 is 0 Å². The summed E-state index contributed by atoms with van der Waals surface area (Å²) >= 11 is 5.95. The number of rotatable bonds is 6. The highest BCUT2D eigenvalue weighted by Crippen LogP contribution is 2.13. The van der Waals surface area contributed by atoms with E-state index in [0.29, 0.717) is 28.4 Å². The molecule has 2 aromatic rings. The van der Waals surface area contributed by atoms with E-state index in [9.17, 15) is 9.59 Å². The van der Waals surface area contributed by atoms with Crippen LogP contribution in [-0.2, 0) is 4.79 Å². The smallest absolute Gasteiger partial charge is 0.280 e. The molecule has 0 atom stereocenters. The summed E-state index contributed by atoms with van der Waals surface area (Å²) in [6.07, 6.45) is 3.54. The molecule has 6 nitrogen and oxygen atoms in total. The fourth-order valence-corrected chi connectivity index (χ4v) is 2.26. The molecule has 0 aliphatic carbocycles. The van der Waals surface area contributed by atoms with E-state index in [4.69, 9.17) is 11.6 Å². The van der Waals surface area contributed by atoms with Crippen LogP contribution in [0, 0.1) is 6.92 Å². The lowest BCUT2D eigenvalue weighted by molar-refractivity contribution is -0.121. The van der Waals surface area contributed by atoms with Gasteiger partial charge < -0.3 is 0 Å². The number of carbonyl (C=O) groups is 1. The minimum Gasteiger partial charge on any atom is -0.295 e. The van der Waals surface area contributed by atoms with Gasteiger partial charge in [0.25, 0.3) is 5.56 Å². The summed E-state index contributed by atoms with van der Waals surface area (Å²) in [4.78, 5) is 23.9. The summed E-state index contributed by atoms with van der Waals surface area (Å²) in [5, 5.41) is 7.37. The SMILES string of the molecule is CCCCC(=O)N/N=C\c1c(C)[nH]n(-c2cccc(Cl)c2)c1=O. The first kappa shape index (κ1) is 17.0. The molecule has 1 aromatic heterocycles. The summed E-state index contributed by atoms with van der Waals surface area (Å²) in [6.45, 7) is 3.78. The predicted octanol–water partition coefficient (Wildman–Crippen LogP) is 2.77. The Bertz CT molecular complexity index is 777. The highest BCUT2D eigenvalue weighted by molar-refractivity contribution is 6.30. The second kappa shape index (κ2) is 7.78. The molecule has 0 radical (unpaired) electrons. The molecule has 0 aliphatic heterocycles. The highest BCUT2D eigenvalue weighted by atomic mass is 35.5. The van der Waals surface area contributed by atoms with E-state index in [1.54, 1.807) is 31.2 Å². The molecular formula is C16H19ClN4O2. The van der Waals surface area contributed by atoms with Crippen molar-refractivity contribution in [3.63, 3.8) is 0 Å². The minimum atomic E-state index is -0.253. The summed E-state index contributed by atoms with van der Waals surface area (Å²) in [6, 6.07) is 6.96. The average molecular weight is 335 g/mol. The van der Waals surface area contributed by atoms with E-state index >= 15 is 0 Å². The van der Waals surface area contributed by atoms with Crippen molar-refractivity contribution in [3.8, 4) is 5.69 Å². The van der Waals surface area contributed by atoms with Gasteiger partial charge in [0.1, 0.15) is 0 Å². The number of carbonyl (C=O) groups excluding carboxylic acids is 1. The Labute approximate surface area is 139 Å². The zero-order valence-corrected chi connectivity index (χ0v) is 13.9. The lowest BCUT2D eigenvalue weighted by atomic mass is 10.2. The number of hydrogen-bond donors (Lipinski definition) is 2. The van der Waals surface area contributed by atoms with Gasteiger partial charge in [-0.2, -0.15) is 5.10 Å². The Balaban J connectivity index is 2.18. The number of hydrogen-bond acceptors (Lipinski definition) is 3. The lowest BCUT2D eigenvalue weighted by Gasteiger charge is -2.01. The Morgan fingerprint density at radius 3 is 2.96 bits per heavy atom. The molecule has 23 heavy (non-hydrogen) atoms. The number of hydrazone groups is 1. The van der Waals surface area contributed by atoms with Gasteiger partial charge in [0.05, 0.1) is 17.5 Å². The zero-order chi connectivity index (χ0) is 16.8. The van der Waals surface area contributed by atoms with Crippen molar-refractivity contribution < 1.29 is 4.79 Å². The maximum atomic E-state index is 12.4. The van der Waals surface area contributed by atoms with Crippen molar-refractivity contribution >= 4 is 23.7 Å². The fourth-order valence-electron chi connectivity index (χ4n) is 2.07. The molecule has 7 heteroatoms. The molecule has 0 unspecified atom stereocenters. The van der Waals surface area contributed by atoms with Gasteiger partial charge >= 0.3 is 0 Å².